The molecule has 1 aromatic rings. The average molecular weight is 380 g/mol. The Morgan fingerprint density at radius 3 is 2.30 bits per heavy atom. The molecule has 0 heterocycles. The largest absolute Gasteiger partial charge is 0.416 e. The van der Waals surface area contributed by atoms with Crippen LogP contribution in [0.1, 0.15) is 85.2 Å². The fourth-order valence-corrected chi connectivity index (χ4v) is 4.65. The number of halogens is 3. The zero-order chi connectivity index (χ0) is 19.0. The molecule has 3 fully saturated rings. The molecule has 2 unspecified atom stereocenters. The summed E-state index contributed by atoms with van der Waals surface area (Å²) in [4.78, 5) is 12.9. The second kappa shape index (κ2) is 7.46. The first-order chi connectivity index (χ1) is 12.9. The highest BCUT2D eigenvalue weighted by Crippen LogP contribution is 2.43. The molecule has 148 valence electrons. The van der Waals surface area contributed by atoms with Gasteiger partial charge in [-0.3, -0.25) is 4.79 Å². The van der Waals surface area contributed by atoms with Gasteiger partial charge in [-0.2, -0.15) is 13.2 Å². The van der Waals surface area contributed by atoms with Gasteiger partial charge in [-0.05, 0) is 74.6 Å². The molecule has 3 aliphatic carbocycles. The molecular formula is C21H27F3N2O. The summed E-state index contributed by atoms with van der Waals surface area (Å²) in [5.41, 5.74) is 0.306. The Morgan fingerprint density at radius 2 is 1.63 bits per heavy atom. The lowest BCUT2D eigenvalue weighted by atomic mass is 9.98. The lowest BCUT2D eigenvalue weighted by molar-refractivity contribution is -0.137. The second-order valence-electron chi connectivity index (χ2n) is 8.34. The van der Waals surface area contributed by atoms with Gasteiger partial charge in [0, 0.05) is 23.7 Å². The van der Waals surface area contributed by atoms with Crippen molar-refractivity contribution in [1.82, 2.24) is 10.6 Å². The molecule has 2 atom stereocenters. The van der Waals surface area contributed by atoms with E-state index in [-0.39, 0.29) is 23.9 Å². The van der Waals surface area contributed by atoms with Crippen molar-refractivity contribution in [3.63, 3.8) is 0 Å². The van der Waals surface area contributed by atoms with Crippen LogP contribution >= 0.6 is 0 Å². The monoisotopic (exact) mass is 380 g/mol. The van der Waals surface area contributed by atoms with E-state index in [9.17, 15) is 18.0 Å². The summed E-state index contributed by atoms with van der Waals surface area (Å²) in [6.45, 7) is 0. The van der Waals surface area contributed by atoms with Crippen molar-refractivity contribution in [3.8, 4) is 0 Å². The van der Waals surface area contributed by atoms with Crippen molar-refractivity contribution in [3.05, 3.63) is 34.9 Å². The summed E-state index contributed by atoms with van der Waals surface area (Å²) in [6.07, 6.45) is 5.30. The van der Waals surface area contributed by atoms with Gasteiger partial charge in [-0.1, -0.05) is 12.8 Å². The zero-order valence-electron chi connectivity index (χ0n) is 15.4. The predicted octanol–water partition coefficient (Wildman–Crippen LogP) is 4.77. The molecule has 0 bridgehead atoms. The van der Waals surface area contributed by atoms with Crippen LogP contribution in [0.3, 0.4) is 0 Å². The molecule has 3 aliphatic rings. The molecule has 3 saturated carbocycles. The number of amides is 1. The van der Waals surface area contributed by atoms with Crippen LogP contribution in [-0.4, -0.2) is 24.0 Å². The van der Waals surface area contributed by atoms with Gasteiger partial charge in [-0.15, -0.1) is 0 Å². The molecule has 2 N–H and O–H groups in total. The highest BCUT2D eigenvalue weighted by Gasteiger charge is 2.36. The minimum absolute atomic E-state index is 0.0624. The lowest BCUT2D eigenvalue weighted by Gasteiger charge is -2.26. The number of hydrogen-bond acceptors (Lipinski definition) is 2. The quantitative estimate of drug-likeness (QED) is 0.773. The van der Waals surface area contributed by atoms with Gasteiger partial charge in [0.25, 0.3) is 5.91 Å². The summed E-state index contributed by atoms with van der Waals surface area (Å²) >= 11 is 0. The molecule has 6 heteroatoms. The fourth-order valence-electron chi connectivity index (χ4n) is 4.65. The Hall–Kier alpha value is -1.56. The molecule has 0 radical (unpaired) electrons. The van der Waals surface area contributed by atoms with E-state index in [1.165, 1.54) is 37.8 Å². The highest BCUT2D eigenvalue weighted by atomic mass is 19.4. The first kappa shape index (κ1) is 18.8. The summed E-state index contributed by atoms with van der Waals surface area (Å²) in [7, 11) is 0. The van der Waals surface area contributed by atoms with E-state index in [1.54, 1.807) is 0 Å². The average Bonchev–Trinajstić information content (AvgIpc) is 3.19. The fraction of sp³-hybridized carbons (Fsp3) is 0.667. The number of nitrogens with one attached hydrogen (secondary N) is 2. The van der Waals surface area contributed by atoms with Crippen LogP contribution in [0, 0.1) is 0 Å². The molecule has 3 nitrogen and oxygen atoms in total. The number of carbonyl (C=O) groups excluding carboxylic acids is 1. The minimum Gasteiger partial charge on any atom is -0.348 e. The third-order valence-electron chi connectivity index (χ3n) is 6.28. The molecule has 0 spiro atoms. The van der Waals surface area contributed by atoms with Crippen LogP contribution in [0.5, 0.6) is 0 Å². The van der Waals surface area contributed by atoms with Crippen LogP contribution in [0.2, 0.25) is 0 Å². The van der Waals surface area contributed by atoms with E-state index in [1.807, 2.05) is 0 Å². The highest BCUT2D eigenvalue weighted by molar-refractivity contribution is 5.96. The number of rotatable bonds is 5. The summed E-state index contributed by atoms with van der Waals surface area (Å²) in [6, 6.07) is 4.45. The molecule has 4 rings (SSSR count). The van der Waals surface area contributed by atoms with Crippen molar-refractivity contribution in [2.75, 3.05) is 0 Å². The van der Waals surface area contributed by atoms with Crippen LogP contribution in [-0.2, 0) is 6.18 Å². The van der Waals surface area contributed by atoms with Crippen molar-refractivity contribution >= 4 is 5.91 Å². The van der Waals surface area contributed by atoms with E-state index >= 15 is 0 Å². The maximum absolute atomic E-state index is 13.0. The van der Waals surface area contributed by atoms with Gasteiger partial charge in [0.05, 0.1) is 5.56 Å². The Bertz CT molecular complexity index is 693. The minimum atomic E-state index is -4.37. The lowest BCUT2D eigenvalue weighted by Crippen LogP contribution is -2.49. The second-order valence-corrected chi connectivity index (χ2v) is 8.34. The Morgan fingerprint density at radius 1 is 0.926 bits per heavy atom. The first-order valence-electron chi connectivity index (χ1n) is 10.2. The van der Waals surface area contributed by atoms with Gasteiger partial charge >= 0.3 is 6.18 Å². The molecule has 1 aromatic carbocycles. The zero-order valence-corrected chi connectivity index (χ0v) is 15.4. The normalized spacial score (nSPS) is 26.5. The maximum atomic E-state index is 13.0. The van der Waals surface area contributed by atoms with E-state index < -0.39 is 11.7 Å². The van der Waals surface area contributed by atoms with Crippen LogP contribution < -0.4 is 10.6 Å². The molecule has 1 amide bonds. The number of carbonyl (C=O) groups is 1. The number of hydrogen-bond donors (Lipinski definition) is 2. The first-order valence-corrected chi connectivity index (χ1v) is 10.2. The molecular weight excluding hydrogens is 353 g/mol. The predicted molar refractivity (Wildman–Crippen MR) is 97.7 cm³/mol. The number of alkyl halides is 3. The number of benzene rings is 1. The molecule has 0 aliphatic heterocycles. The maximum Gasteiger partial charge on any atom is 0.416 e. The molecule has 0 saturated heterocycles. The van der Waals surface area contributed by atoms with Crippen LogP contribution in [0.25, 0.3) is 0 Å². The Balaban J connectivity index is 1.47. The summed E-state index contributed by atoms with van der Waals surface area (Å²) in [5, 5.41) is 6.82. The van der Waals surface area contributed by atoms with Crippen LogP contribution in [0.4, 0.5) is 13.2 Å². The summed E-state index contributed by atoms with van der Waals surface area (Å²) in [5.74, 6) is -0.139. The summed E-state index contributed by atoms with van der Waals surface area (Å²) < 4.78 is 39.1. The van der Waals surface area contributed by atoms with E-state index in [2.05, 4.69) is 10.6 Å². The Kier molecular flexibility index (Phi) is 5.19. The van der Waals surface area contributed by atoms with Crippen molar-refractivity contribution in [2.24, 2.45) is 0 Å². The SMILES string of the molecule is O=C(NC1CCCC1NC1CCCC1)c1ccc(C(F)(F)F)cc1C1CC1. The van der Waals surface area contributed by atoms with E-state index in [0.29, 0.717) is 17.2 Å². The van der Waals surface area contributed by atoms with Crippen molar-refractivity contribution in [1.29, 1.82) is 0 Å². The van der Waals surface area contributed by atoms with Gasteiger partial charge < -0.3 is 10.6 Å². The standard InChI is InChI=1S/C21H27F3N2O/c22-21(23,24)14-10-11-16(17(12-14)13-8-9-13)20(27)26-19-7-3-6-18(19)25-15-4-1-2-5-15/h10-13,15,18-19,25H,1-9H2,(H,26,27). The topological polar surface area (TPSA) is 41.1 Å². The third-order valence-corrected chi connectivity index (χ3v) is 6.28. The van der Waals surface area contributed by atoms with Gasteiger partial charge in [0.2, 0.25) is 0 Å². The van der Waals surface area contributed by atoms with Gasteiger partial charge in [0.1, 0.15) is 0 Å². The van der Waals surface area contributed by atoms with Crippen LogP contribution in [0.15, 0.2) is 18.2 Å². The van der Waals surface area contributed by atoms with E-state index in [4.69, 9.17) is 0 Å². The van der Waals surface area contributed by atoms with E-state index in [0.717, 1.165) is 38.2 Å². The van der Waals surface area contributed by atoms with Crippen molar-refractivity contribution in [2.45, 2.75) is 88.0 Å². The molecule has 0 aromatic heterocycles. The Labute approximate surface area is 158 Å². The van der Waals surface area contributed by atoms with Gasteiger partial charge in [0.15, 0.2) is 0 Å². The molecule has 27 heavy (non-hydrogen) atoms. The van der Waals surface area contributed by atoms with Crippen molar-refractivity contribution < 1.29 is 18.0 Å². The van der Waals surface area contributed by atoms with Gasteiger partial charge in [-0.25, -0.2) is 0 Å². The third kappa shape index (κ3) is 4.31. The smallest absolute Gasteiger partial charge is 0.348 e.